The summed E-state index contributed by atoms with van der Waals surface area (Å²) in [4.78, 5) is 10.9. The zero-order chi connectivity index (χ0) is 10.6. The number of Topliss-reactive ketones (excluding diaryl/α,β-unsaturated/α-hetero) is 1. The molecule has 0 aliphatic heterocycles. The summed E-state index contributed by atoms with van der Waals surface area (Å²) in [5.74, 6) is 0.890. The molecule has 0 aromatic heterocycles. The van der Waals surface area contributed by atoms with Crippen molar-refractivity contribution in [1.29, 1.82) is 0 Å². The molecule has 0 bridgehead atoms. The van der Waals surface area contributed by atoms with Crippen molar-refractivity contribution in [2.24, 2.45) is 5.92 Å². The fourth-order valence-corrected chi connectivity index (χ4v) is 1.60. The van der Waals surface area contributed by atoms with Gasteiger partial charge in [-0.05, 0) is 37.0 Å². The summed E-state index contributed by atoms with van der Waals surface area (Å²) in [6.07, 6.45) is 1.51. The molecule has 0 radical (unpaired) electrons. The molecule has 1 atom stereocenters. The van der Waals surface area contributed by atoms with Crippen molar-refractivity contribution in [2.45, 2.75) is 26.7 Å². The molecule has 76 valence electrons. The highest BCUT2D eigenvalue weighted by Gasteiger charge is 2.06. The molecule has 1 aromatic carbocycles. The van der Waals surface area contributed by atoms with Crippen molar-refractivity contribution in [2.75, 3.05) is 0 Å². The monoisotopic (exact) mass is 192 g/mol. The Bertz CT molecular complexity index is 301. The Morgan fingerprint density at radius 3 is 2.43 bits per heavy atom. The van der Waals surface area contributed by atoms with Crippen molar-refractivity contribution in [3.05, 3.63) is 29.8 Å². The number of rotatable bonds is 4. The van der Waals surface area contributed by atoms with Gasteiger partial charge in [-0.1, -0.05) is 19.1 Å². The van der Waals surface area contributed by atoms with Gasteiger partial charge in [-0.2, -0.15) is 0 Å². The summed E-state index contributed by atoms with van der Waals surface area (Å²) in [5, 5.41) is 9.08. The third-order valence-electron chi connectivity index (χ3n) is 2.16. The lowest BCUT2D eigenvalue weighted by atomic mass is 9.96. The van der Waals surface area contributed by atoms with Gasteiger partial charge in [0.05, 0.1) is 0 Å². The van der Waals surface area contributed by atoms with Gasteiger partial charge in [-0.25, -0.2) is 0 Å². The minimum absolute atomic E-state index is 0.233. The quantitative estimate of drug-likeness (QED) is 0.796. The average molecular weight is 192 g/mol. The molecule has 0 spiro atoms. The fraction of sp³-hybridized carbons (Fsp3) is 0.417. The van der Waals surface area contributed by atoms with Crippen molar-refractivity contribution in [1.82, 2.24) is 0 Å². The van der Waals surface area contributed by atoms with E-state index in [2.05, 4.69) is 6.92 Å². The third kappa shape index (κ3) is 3.60. The van der Waals surface area contributed by atoms with E-state index in [1.807, 2.05) is 12.1 Å². The number of hydrogen-bond donors (Lipinski definition) is 1. The minimum atomic E-state index is 0.233. The highest BCUT2D eigenvalue weighted by molar-refractivity contribution is 5.75. The van der Waals surface area contributed by atoms with Crippen LogP contribution in [0.15, 0.2) is 24.3 Å². The number of carbonyl (C=O) groups excluding carboxylic acids is 1. The summed E-state index contributed by atoms with van der Waals surface area (Å²) in [5.41, 5.74) is 1.16. The van der Waals surface area contributed by atoms with Crippen LogP contribution < -0.4 is 0 Å². The summed E-state index contributed by atoms with van der Waals surface area (Å²) in [7, 11) is 0. The number of carbonyl (C=O) groups is 1. The van der Waals surface area contributed by atoms with Crippen LogP contribution in [-0.2, 0) is 11.2 Å². The molecule has 0 saturated carbocycles. The average Bonchev–Trinajstić information content (AvgIpc) is 2.07. The predicted octanol–water partition coefficient (Wildman–Crippen LogP) is 2.55. The van der Waals surface area contributed by atoms with Crippen LogP contribution in [0, 0.1) is 5.92 Å². The number of ketones is 1. The lowest BCUT2D eigenvalue weighted by Gasteiger charge is -2.08. The summed E-state index contributed by atoms with van der Waals surface area (Å²) >= 11 is 0. The number of benzene rings is 1. The third-order valence-corrected chi connectivity index (χ3v) is 2.16. The summed E-state index contributed by atoms with van der Waals surface area (Å²) in [6, 6.07) is 7.14. The topological polar surface area (TPSA) is 37.3 Å². The van der Waals surface area contributed by atoms with Crippen LogP contribution in [0.2, 0.25) is 0 Å². The van der Waals surface area contributed by atoms with E-state index in [0.717, 1.165) is 12.0 Å². The first-order valence-electron chi connectivity index (χ1n) is 4.85. The lowest BCUT2D eigenvalue weighted by molar-refractivity contribution is -0.117. The molecule has 0 aliphatic rings. The number of hydrogen-bond acceptors (Lipinski definition) is 2. The van der Waals surface area contributed by atoms with Gasteiger partial charge in [0.2, 0.25) is 0 Å². The number of aromatic hydroxyl groups is 1. The van der Waals surface area contributed by atoms with E-state index in [9.17, 15) is 4.79 Å². The maximum atomic E-state index is 10.9. The predicted molar refractivity (Wildman–Crippen MR) is 56.3 cm³/mol. The van der Waals surface area contributed by atoms with Crippen LogP contribution in [-0.4, -0.2) is 10.9 Å². The van der Waals surface area contributed by atoms with Crippen LogP contribution in [0.4, 0.5) is 0 Å². The molecular formula is C12H16O2. The second kappa shape index (κ2) is 4.80. The number of phenols is 1. The Kier molecular flexibility index (Phi) is 3.69. The van der Waals surface area contributed by atoms with Gasteiger partial charge in [0.25, 0.3) is 0 Å². The van der Waals surface area contributed by atoms with Gasteiger partial charge in [-0.15, -0.1) is 0 Å². The molecule has 1 rings (SSSR count). The zero-order valence-electron chi connectivity index (χ0n) is 8.66. The molecule has 0 heterocycles. The molecule has 1 aromatic rings. The molecule has 14 heavy (non-hydrogen) atoms. The second-order valence-electron chi connectivity index (χ2n) is 3.88. The van der Waals surface area contributed by atoms with E-state index >= 15 is 0 Å². The zero-order valence-corrected chi connectivity index (χ0v) is 8.66. The van der Waals surface area contributed by atoms with Crippen molar-refractivity contribution < 1.29 is 9.90 Å². The molecule has 0 unspecified atom stereocenters. The Morgan fingerprint density at radius 2 is 1.93 bits per heavy atom. The largest absolute Gasteiger partial charge is 0.508 e. The first kappa shape index (κ1) is 10.8. The Morgan fingerprint density at radius 1 is 1.36 bits per heavy atom. The van der Waals surface area contributed by atoms with Gasteiger partial charge in [0, 0.05) is 6.42 Å². The Labute approximate surface area is 84.6 Å². The fourth-order valence-electron chi connectivity index (χ4n) is 1.60. The molecule has 0 saturated heterocycles. The molecule has 0 amide bonds. The summed E-state index contributed by atoms with van der Waals surface area (Å²) < 4.78 is 0. The van der Waals surface area contributed by atoms with Crippen molar-refractivity contribution in [3.8, 4) is 5.75 Å². The first-order valence-corrected chi connectivity index (χ1v) is 4.85. The highest BCUT2D eigenvalue weighted by atomic mass is 16.3. The van der Waals surface area contributed by atoms with E-state index in [0.29, 0.717) is 12.3 Å². The van der Waals surface area contributed by atoms with E-state index in [1.54, 1.807) is 19.1 Å². The summed E-state index contributed by atoms with van der Waals surface area (Å²) in [6.45, 7) is 3.68. The molecular weight excluding hydrogens is 176 g/mol. The van der Waals surface area contributed by atoms with E-state index in [1.165, 1.54) is 0 Å². The van der Waals surface area contributed by atoms with E-state index in [-0.39, 0.29) is 11.5 Å². The smallest absolute Gasteiger partial charge is 0.130 e. The van der Waals surface area contributed by atoms with Crippen LogP contribution in [0.25, 0.3) is 0 Å². The van der Waals surface area contributed by atoms with Crippen LogP contribution in [0.3, 0.4) is 0 Å². The maximum absolute atomic E-state index is 10.9. The van der Waals surface area contributed by atoms with Gasteiger partial charge < -0.3 is 9.90 Å². The van der Waals surface area contributed by atoms with E-state index in [4.69, 9.17) is 5.11 Å². The molecule has 2 heteroatoms. The Hall–Kier alpha value is -1.31. The first-order chi connectivity index (χ1) is 6.58. The normalized spacial score (nSPS) is 12.4. The SMILES string of the molecule is CC(=O)C[C@H](C)Cc1ccc(O)cc1. The lowest BCUT2D eigenvalue weighted by Crippen LogP contribution is -2.04. The van der Waals surface area contributed by atoms with Crippen molar-refractivity contribution >= 4 is 5.78 Å². The van der Waals surface area contributed by atoms with Gasteiger partial charge in [0.1, 0.15) is 11.5 Å². The van der Waals surface area contributed by atoms with Gasteiger partial charge >= 0.3 is 0 Å². The van der Waals surface area contributed by atoms with Gasteiger partial charge in [-0.3, -0.25) is 0 Å². The number of phenolic OH excluding ortho intramolecular Hbond substituents is 1. The van der Waals surface area contributed by atoms with Crippen molar-refractivity contribution in [3.63, 3.8) is 0 Å². The molecule has 2 nitrogen and oxygen atoms in total. The van der Waals surface area contributed by atoms with Crippen LogP contribution in [0.5, 0.6) is 5.75 Å². The molecule has 1 N–H and O–H groups in total. The molecule has 0 fully saturated rings. The van der Waals surface area contributed by atoms with Crippen LogP contribution in [0.1, 0.15) is 25.8 Å². The second-order valence-corrected chi connectivity index (χ2v) is 3.88. The highest BCUT2D eigenvalue weighted by Crippen LogP contribution is 2.15. The molecule has 0 aliphatic carbocycles. The Balaban J connectivity index is 2.51. The minimum Gasteiger partial charge on any atom is -0.508 e. The van der Waals surface area contributed by atoms with Crippen LogP contribution >= 0.6 is 0 Å². The van der Waals surface area contributed by atoms with E-state index < -0.39 is 0 Å². The van der Waals surface area contributed by atoms with Gasteiger partial charge in [0.15, 0.2) is 0 Å². The maximum Gasteiger partial charge on any atom is 0.130 e. The standard InChI is InChI=1S/C12H16O2/c1-9(7-10(2)13)8-11-3-5-12(14)6-4-11/h3-6,9,14H,7-8H2,1-2H3/t9-/m0/s1.